The molecule has 0 fully saturated rings. The van der Waals surface area contributed by atoms with Gasteiger partial charge in [0.25, 0.3) is 0 Å². The van der Waals surface area contributed by atoms with E-state index in [0.29, 0.717) is 5.69 Å². The SMILES string of the molecule is Fc1ccc(Nc2nccc(C(F)(F)F)n2)cc1Br. The van der Waals surface area contributed by atoms with Crippen LogP contribution in [0.25, 0.3) is 0 Å². The highest BCUT2D eigenvalue weighted by atomic mass is 79.9. The van der Waals surface area contributed by atoms with Gasteiger partial charge in [0.2, 0.25) is 5.95 Å². The molecule has 2 aromatic rings. The quantitative estimate of drug-likeness (QED) is 0.838. The van der Waals surface area contributed by atoms with Gasteiger partial charge in [-0.2, -0.15) is 13.2 Å². The Hall–Kier alpha value is -1.70. The van der Waals surface area contributed by atoms with Crippen LogP contribution in [-0.4, -0.2) is 9.97 Å². The smallest absolute Gasteiger partial charge is 0.324 e. The van der Waals surface area contributed by atoms with E-state index in [2.05, 4.69) is 31.2 Å². The molecule has 2 rings (SSSR count). The Bertz CT molecular complexity index is 601. The molecule has 0 saturated carbocycles. The van der Waals surface area contributed by atoms with Crippen LogP contribution in [-0.2, 0) is 6.18 Å². The second-order valence-corrected chi connectivity index (χ2v) is 4.37. The molecule has 0 unspecified atom stereocenters. The van der Waals surface area contributed by atoms with Crippen molar-refractivity contribution >= 4 is 27.6 Å². The molecule has 0 saturated heterocycles. The summed E-state index contributed by atoms with van der Waals surface area (Å²) < 4.78 is 50.5. The van der Waals surface area contributed by atoms with Crippen LogP contribution in [0.15, 0.2) is 34.9 Å². The molecule has 0 atom stereocenters. The number of nitrogens with one attached hydrogen (secondary N) is 1. The van der Waals surface area contributed by atoms with Gasteiger partial charge >= 0.3 is 6.18 Å². The van der Waals surface area contributed by atoms with Gasteiger partial charge in [-0.15, -0.1) is 0 Å². The number of anilines is 2. The monoisotopic (exact) mass is 335 g/mol. The Balaban J connectivity index is 2.26. The average molecular weight is 336 g/mol. The standard InChI is InChI=1S/C11H6BrF4N3/c12-7-5-6(1-2-8(7)13)18-10-17-4-3-9(19-10)11(14,15)16/h1-5H,(H,17,18,19). The number of alkyl halides is 3. The van der Waals surface area contributed by atoms with E-state index in [1.807, 2.05) is 0 Å². The van der Waals surface area contributed by atoms with E-state index >= 15 is 0 Å². The highest BCUT2D eigenvalue weighted by Crippen LogP contribution is 2.28. The first-order valence-corrected chi connectivity index (χ1v) is 5.78. The van der Waals surface area contributed by atoms with Crippen LogP contribution in [0.2, 0.25) is 0 Å². The van der Waals surface area contributed by atoms with Crippen molar-refractivity contribution in [2.75, 3.05) is 5.32 Å². The molecule has 19 heavy (non-hydrogen) atoms. The summed E-state index contributed by atoms with van der Waals surface area (Å²) in [5, 5.41) is 2.57. The molecule has 0 aliphatic heterocycles. The van der Waals surface area contributed by atoms with Gasteiger partial charge in [0.1, 0.15) is 11.5 Å². The van der Waals surface area contributed by atoms with Crippen molar-refractivity contribution in [2.45, 2.75) is 6.18 Å². The van der Waals surface area contributed by atoms with E-state index in [4.69, 9.17) is 0 Å². The van der Waals surface area contributed by atoms with Crippen LogP contribution in [0.5, 0.6) is 0 Å². The van der Waals surface area contributed by atoms with Crippen molar-refractivity contribution in [3.8, 4) is 0 Å². The maximum Gasteiger partial charge on any atom is 0.433 e. The first-order valence-electron chi connectivity index (χ1n) is 4.98. The first-order chi connectivity index (χ1) is 8.86. The zero-order valence-corrected chi connectivity index (χ0v) is 10.8. The van der Waals surface area contributed by atoms with Crippen molar-refractivity contribution in [3.05, 3.63) is 46.4 Å². The van der Waals surface area contributed by atoms with E-state index in [9.17, 15) is 17.6 Å². The van der Waals surface area contributed by atoms with Gasteiger partial charge in [0.05, 0.1) is 4.47 Å². The number of halogens is 5. The topological polar surface area (TPSA) is 37.8 Å². The zero-order valence-electron chi connectivity index (χ0n) is 9.17. The lowest BCUT2D eigenvalue weighted by Crippen LogP contribution is -2.10. The number of benzene rings is 1. The van der Waals surface area contributed by atoms with Gasteiger partial charge in [-0.1, -0.05) is 0 Å². The lowest BCUT2D eigenvalue weighted by atomic mass is 10.3. The van der Waals surface area contributed by atoms with Gasteiger partial charge < -0.3 is 5.32 Å². The lowest BCUT2D eigenvalue weighted by molar-refractivity contribution is -0.141. The van der Waals surface area contributed by atoms with Crippen molar-refractivity contribution in [1.29, 1.82) is 0 Å². The van der Waals surface area contributed by atoms with E-state index < -0.39 is 17.7 Å². The predicted molar refractivity (Wildman–Crippen MR) is 64.4 cm³/mol. The fraction of sp³-hybridized carbons (Fsp3) is 0.0909. The van der Waals surface area contributed by atoms with Crippen molar-refractivity contribution in [2.24, 2.45) is 0 Å². The number of nitrogens with zero attached hydrogens (tertiary/aromatic N) is 2. The molecule has 0 aliphatic carbocycles. The molecule has 3 nitrogen and oxygen atoms in total. The van der Waals surface area contributed by atoms with Gasteiger partial charge in [-0.3, -0.25) is 0 Å². The largest absolute Gasteiger partial charge is 0.433 e. The third-order valence-electron chi connectivity index (χ3n) is 2.12. The number of hydrogen-bond donors (Lipinski definition) is 1. The molecular weight excluding hydrogens is 330 g/mol. The molecule has 0 bridgehead atoms. The van der Waals surface area contributed by atoms with Crippen LogP contribution in [0.1, 0.15) is 5.69 Å². The number of rotatable bonds is 2. The van der Waals surface area contributed by atoms with E-state index in [0.717, 1.165) is 12.3 Å². The molecule has 0 spiro atoms. The van der Waals surface area contributed by atoms with Gasteiger partial charge in [0.15, 0.2) is 0 Å². The van der Waals surface area contributed by atoms with Crippen molar-refractivity contribution in [3.63, 3.8) is 0 Å². The fourth-order valence-electron chi connectivity index (χ4n) is 1.28. The second kappa shape index (κ2) is 5.12. The number of hydrogen-bond acceptors (Lipinski definition) is 3. The molecule has 0 aliphatic rings. The molecular formula is C11H6BrF4N3. The highest BCUT2D eigenvalue weighted by Gasteiger charge is 2.32. The second-order valence-electron chi connectivity index (χ2n) is 3.52. The fourth-order valence-corrected chi connectivity index (χ4v) is 1.66. The molecule has 1 heterocycles. The Labute approximate surface area is 113 Å². The third-order valence-corrected chi connectivity index (χ3v) is 2.73. The van der Waals surface area contributed by atoms with Crippen LogP contribution in [0.3, 0.4) is 0 Å². The molecule has 0 radical (unpaired) electrons. The summed E-state index contributed by atoms with van der Waals surface area (Å²) >= 11 is 2.97. The number of aromatic nitrogens is 2. The van der Waals surface area contributed by atoms with Crippen molar-refractivity contribution < 1.29 is 17.6 Å². The van der Waals surface area contributed by atoms with Crippen LogP contribution < -0.4 is 5.32 Å². The van der Waals surface area contributed by atoms with E-state index in [-0.39, 0.29) is 10.4 Å². The Morgan fingerprint density at radius 1 is 1.16 bits per heavy atom. The maximum atomic E-state index is 13.0. The van der Waals surface area contributed by atoms with Crippen LogP contribution >= 0.6 is 15.9 Å². The summed E-state index contributed by atoms with van der Waals surface area (Å²) in [5.74, 6) is -0.691. The molecule has 8 heteroatoms. The minimum absolute atomic E-state index is 0.185. The Morgan fingerprint density at radius 3 is 2.53 bits per heavy atom. The third kappa shape index (κ3) is 3.40. The van der Waals surface area contributed by atoms with E-state index in [1.165, 1.54) is 18.2 Å². The Kier molecular flexibility index (Phi) is 3.70. The summed E-state index contributed by atoms with van der Waals surface area (Å²) in [6.07, 6.45) is -3.54. The molecule has 0 amide bonds. The summed E-state index contributed by atoms with van der Waals surface area (Å²) in [6, 6.07) is 4.68. The van der Waals surface area contributed by atoms with Gasteiger partial charge in [0, 0.05) is 11.9 Å². The molecule has 1 N–H and O–H groups in total. The molecule has 1 aromatic carbocycles. The normalized spacial score (nSPS) is 11.4. The minimum Gasteiger partial charge on any atom is -0.324 e. The van der Waals surface area contributed by atoms with Crippen LogP contribution in [0.4, 0.5) is 29.2 Å². The van der Waals surface area contributed by atoms with Crippen LogP contribution in [0, 0.1) is 5.82 Å². The van der Waals surface area contributed by atoms with E-state index in [1.54, 1.807) is 0 Å². The zero-order chi connectivity index (χ0) is 14.0. The average Bonchev–Trinajstić information content (AvgIpc) is 2.33. The highest BCUT2D eigenvalue weighted by molar-refractivity contribution is 9.10. The molecule has 1 aromatic heterocycles. The summed E-state index contributed by atoms with van der Waals surface area (Å²) in [5.41, 5.74) is -0.682. The summed E-state index contributed by atoms with van der Waals surface area (Å²) in [7, 11) is 0. The Morgan fingerprint density at radius 2 is 1.89 bits per heavy atom. The summed E-state index contributed by atoms with van der Waals surface area (Å²) in [6.45, 7) is 0. The first kappa shape index (κ1) is 13.7. The molecule has 100 valence electrons. The lowest BCUT2D eigenvalue weighted by Gasteiger charge is -2.08. The minimum atomic E-state index is -4.54. The van der Waals surface area contributed by atoms with Gasteiger partial charge in [-0.05, 0) is 40.2 Å². The maximum absolute atomic E-state index is 13.0. The predicted octanol–water partition coefficient (Wildman–Crippen LogP) is 4.14. The van der Waals surface area contributed by atoms with Crippen molar-refractivity contribution in [1.82, 2.24) is 9.97 Å². The van der Waals surface area contributed by atoms with Gasteiger partial charge in [-0.25, -0.2) is 14.4 Å². The summed E-state index contributed by atoms with van der Waals surface area (Å²) in [4.78, 5) is 7.00.